The van der Waals surface area contributed by atoms with Crippen molar-refractivity contribution < 1.29 is 14.7 Å². The van der Waals surface area contributed by atoms with Crippen LogP contribution < -0.4 is 4.35 Å². The van der Waals surface area contributed by atoms with Crippen LogP contribution in [0.5, 0.6) is 0 Å². The SMILES string of the molecule is N#Cc1ccc([AsH]C(=O)c2cccc(I)c2)c(C(=O)O)c1. The van der Waals surface area contributed by atoms with Crippen molar-refractivity contribution in [1.29, 1.82) is 5.26 Å². The van der Waals surface area contributed by atoms with Crippen molar-refractivity contribution in [2.45, 2.75) is 0 Å². The van der Waals surface area contributed by atoms with Crippen LogP contribution in [0, 0.1) is 14.9 Å². The van der Waals surface area contributed by atoms with Gasteiger partial charge in [0.2, 0.25) is 0 Å². The summed E-state index contributed by atoms with van der Waals surface area (Å²) in [4.78, 5) is 23.5. The van der Waals surface area contributed by atoms with Crippen LogP contribution >= 0.6 is 22.6 Å². The van der Waals surface area contributed by atoms with E-state index in [0.29, 0.717) is 9.91 Å². The number of benzene rings is 2. The van der Waals surface area contributed by atoms with Gasteiger partial charge in [0, 0.05) is 0 Å². The van der Waals surface area contributed by atoms with Crippen LogP contribution in [0.25, 0.3) is 0 Å². The van der Waals surface area contributed by atoms with Crippen molar-refractivity contribution >= 4 is 53.2 Å². The molecule has 0 heterocycles. The number of carboxylic acid groups (broad SMARTS) is 1. The Hall–Kier alpha value is -1.64. The number of rotatable bonds is 4. The average molecular weight is 453 g/mol. The van der Waals surface area contributed by atoms with Crippen molar-refractivity contribution in [1.82, 2.24) is 0 Å². The van der Waals surface area contributed by atoms with E-state index < -0.39 is 21.7 Å². The van der Waals surface area contributed by atoms with Gasteiger partial charge in [0.25, 0.3) is 0 Å². The van der Waals surface area contributed by atoms with Crippen LogP contribution in [0.3, 0.4) is 0 Å². The summed E-state index contributed by atoms with van der Waals surface area (Å²) in [7, 11) is 0. The summed E-state index contributed by atoms with van der Waals surface area (Å²) < 4.78 is 1.47. The van der Waals surface area contributed by atoms with Crippen molar-refractivity contribution in [3.8, 4) is 6.07 Å². The van der Waals surface area contributed by atoms with Gasteiger partial charge in [-0.05, 0) is 0 Å². The number of halogens is 1. The standard InChI is InChI=1S/C15H9AsINO3/c17-11-3-1-2-10(7-11)14(19)16-13-5-4-9(8-18)6-12(13)15(20)21/h1-7,16H,(H,20,21). The Labute approximate surface area is 141 Å². The van der Waals surface area contributed by atoms with Crippen LogP contribution in [0.2, 0.25) is 0 Å². The molecule has 0 spiro atoms. The van der Waals surface area contributed by atoms with E-state index >= 15 is 0 Å². The molecule has 0 saturated heterocycles. The third-order valence-corrected chi connectivity index (χ3v) is 5.95. The zero-order valence-electron chi connectivity index (χ0n) is 10.6. The number of carbonyl (C=O) groups is 2. The maximum atomic E-state index is 12.3. The van der Waals surface area contributed by atoms with E-state index in [0.717, 1.165) is 3.57 Å². The Balaban J connectivity index is 2.33. The first-order valence-electron chi connectivity index (χ1n) is 5.85. The number of hydrogen-bond donors (Lipinski definition) is 1. The second kappa shape index (κ2) is 6.88. The Morgan fingerprint density at radius 2 is 1.95 bits per heavy atom. The average Bonchev–Trinajstić information content (AvgIpc) is 2.47. The number of hydrogen-bond acceptors (Lipinski definition) is 3. The zero-order valence-corrected chi connectivity index (χ0v) is 14.9. The fourth-order valence-electron chi connectivity index (χ4n) is 1.72. The van der Waals surface area contributed by atoms with Gasteiger partial charge in [-0.25, -0.2) is 0 Å². The maximum absolute atomic E-state index is 12.3. The number of carboxylic acids is 1. The fraction of sp³-hybridized carbons (Fsp3) is 0. The number of nitriles is 1. The normalized spacial score (nSPS) is 10.5. The predicted molar refractivity (Wildman–Crippen MR) is 88.4 cm³/mol. The molecule has 0 aliphatic carbocycles. The monoisotopic (exact) mass is 453 g/mol. The Morgan fingerprint density at radius 1 is 1.19 bits per heavy atom. The topological polar surface area (TPSA) is 78.2 Å². The van der Waals surface area contributed by atoms with E-state index in [9.17, 15) is 14.7 Å². The van der Waals surface area contributed by atoms with Gasteiger partial charge in [-0.3, -0.25) is 0 Å². The van der Waals surface area contributed by atoms with Gasteiger partial charge >= 0.3 is 142 Å². The van der Waals surface area contributed by atoms with E-state index in [2.05, 4.69) is 22.6 Å². The van der Waals surface area contributed by atoms with Gasteiger partial charge in [0.1, 0.15) is 0 Å². The molecule has 0 fully saturated rings. The van der Waals surface area contributed by atoms with Crippen molar-refractivity contribution in [3.63, 3.8) is 0 Å². The first kappa shape index (κ1) is 15.7. The summed E-state index contributed by atoms with van der Waals surface area (Å²) in [6.45, 7) is 0. The Kier molecular flexibility index (Phi) is 5.16. The van der Waals surface area contributed by atoms with Gasteiger partial charge in [-0.1, -0.05) is 0 Å². The summed E-state index contributed by atoms with van der Waals surface area (Å²) in [5.74, 6) is -1.11. The molecule has 2 rings (SSSR count). The number of nitrogens with zero attached hydrogens (tertiary/aromatic N) is 1. The molecule has 0 bridgehead atoms. The first-order valence-corrected chi connectivity index (χ1v) is 9.03. The van der Waals surface area contributed by atoms with Crippen LogP contribution in [0.4, 0.5) is 0 Å². The molecule has 21 heavy (non-hydrogen) atoms. The molecule has 1 N–H and O–H groups in total. The van der Waals surface area contributed by atoms with Crippen molar-refractivity contribution in [3.05, 3.63) is 62.7 Å². The molecule has 0 radical (unpaired) electrons. The van der Waals surface area contributed by atoms with Crippen LogP contribution in [0.1, 0.15) is 26.3 Å². The first-order chi connectivity index (χ1) is 10.0. The molecule has 0 amide bonds. The third kappa shape index (κ3) is 3.93. The molecule has 0 aliphatic rings. The van der Waals surface area contributed by atoms with E-state index in [4.69, 9.17) is 5.26 Å². The molecular weight excluding hydrogens is 444 g/mol. The molecule has 104 valence electrons. The molecule has 0 saturated carbocycles. The Morgan fingerprint density at radius 3 is 2.57 bits per heavy atom. The molecular formula is C15H9AsINO3. The molecule has 6 heteroatoms. The van der Waals surface area contributed by atoms with Crippen molar-refractivity contribution in [2.24, 2.45) is 0 Å². The molecule has 2 aromatic rings. The van der Waals surface area contributed by atoms with E-state index in [1.54, 1.807) is 30.3 Å². The number of carbonyl (C=O) groups excluding carboxylic acids is 1. The summed E-state index contributed by atoms with van der Waals surface area (Å²) in [5.41, 5.74) is 0.931. The van der Waals surface area contributed by atoms with Crippen molar-refractivity contribution in [2.75, 3.05) is 0 Å². The molecule has 1 atom stereocenters. The zero-order chi connectivity index (χ0) is 15.4. The predicted octanol–water partition coefficient (Wildman–Crippen LogP) is 1.76. The Bertz CT molecular complexity index is 768. The second-order valence-electron chi connectivity index (χ2n) is 4.14. The van der Waals surface area contributed by atoms with E-state index in [1.807, 2.05) is 12.1 Å². The molecule has 0 aliphatic heterocycles. The minimum absolute atomic E-state index is 0.0271. The molecule has 2 aromatic carbocycles. The van der Waals surface area contributed by atoms with Gasteiger partial charge in [-0.2, -0.15) is 0 Å². The summed E-state index contributed by atoms with van der Waals surface area (Å²) in [6.07, 6.45) is 0. The van der Waals surface area contributed by atoms with Gasteiger partial charge in [0.15, 0.2) is 0 Å². The van der Waals surface area contributed by atoms with E-state index in [1.165, 1.54) is 6.07 Å². The quantitative estimate of drug-likeness (QED) is 0.566. The minimum atomic E-state index is -1.29. The summed E-state index contributed by atoms with van der Waals surface area (Å²) >= 11 is 0.841. The number of aromatic carboxylic acids is 1. The van der Waals surface area contributed by atoms with Crippen LogP contribution in [0.15, 0.2) is 42.5 Å². The summed E-state index contributed by atoms with van der Waals surface area (Å²) in [5, 5.41) is 18.0. The van der Waals surface area contributed by atoms with Gasteiger partial charge in [0.05, 0.1) is 0 Å². The van der Waals surface area contributed by atoms with E-state index in [-0.39, 0.29) is 15.7 Å². The van der Waals surface area contributed by atoms with Gasteiger partial charge < -0.3 is 0 Å². The van der Waals surface area contributed by atoms with Crippen LogP contribution in [-0.2, 0) is 0 Å². The molecule has 0 aromatic heterocycles. The second-order valence-corrected chi connectivity index (χ2v) is 7.99. The molecule has 4 nitrogen and oxygen atoms in total. The fourth-order valence-corrected chi connectivity index (χ4v) is 4.42. The van der Waals surface area contributed by atoms with Crippen LogP contribution in [-0.4, -0.2) is 31.4 Å². The molecule has 1 unspecified atom stereocenters. The summed E-state index contributed by atoms with van der Waals surface area (Å²) in [6, 6.07) is 13.6. The van der Waals surface area contributed by atoms with Gasteiger partial charge in [-0.15, -0.1) is 0 Å². The third-order valence-electron chi connectivity index (χ3n) is 2.71.